The molecule has 0 aromatic heterocycles. The molecule has 0 aliphatic carbocycles. The molecule has 24 heavy (non-hydrogen) atoms. The molecule has 128 valence electrons. The number of rotatable bonds is 4. The van der Waals surface area contributed by atoms with E-state index in [1.165, 1.54) is 6.07 Å². The standard InChI is InChI=1S/C19H21ClFNO2/c1-24-19-10-13(12-22-8-6-15(23)7-9-22)2-4-16(19)14-3-5-18(21)17(20)11-14/h2-5,10-11,15,23H,6-9,12H2,1H3. The molecule has 1 aliphatic heterocycles. The third-order valence-corrected chi connectivity index (χ3v) is 4.75. The summed E-state index contributed by atoms with van der Waals surface area (Å²) >= 11 is 5.89. The highest BCUT2D eigenvalue weighted by atomic mass is 35.5. The molecule has 1 fully saturated rings. The Morgan fingerprint density at radius 1 is 1.21 bits per heavy atom. The van der Waals surface area contributed by atoms with E-state index in [0.717, 1.165) is 54.9 Å². The number of halogens is 2. The Bertz CT molecular complexity index is 715. The van der Waals surface area contributed by atoms with Gasteiger partial charge < -0.3 is 9.84 Å². The van der Waals surface area contributed by atoms with Crippen LogP contribution in [0.15, 0.2) is 36.4 Å². The SMILES string of the molecule is COc1cc(CN2CCC(O)CC2)ccc1-c1ccc(F)c(Cl)c1. The van der Waals surface area contributed by atoms with Crippen LogP contribution in [0.2, 0.25) is 5.02 Å². The van der Waals surface area contributed by atoms with Crippen molar-refractivity contribution >= 4 is 11.6 Å². The van der Waals surface area contributed by atoms with Crippen molar-refractivity contribution in [1.82, 2.24) is 4.90 Å². The number of hydrogen-bond acceptors (Lipinski definition) is 3. The van der Waals surface area contributed by atoms with Gasteiger partial charge in [-0.1, -0.05) is 29.8 Å². The molecule has 0 atom stereocenters. The normalized spacial score (nSPS) is 16.3. The Morgan fingerprint density at radius 2 is 1.96 bits per heavy atom. The lowest BCUT2D eigenvalue weighted by atomic mass is 10.0. The van der Waals surface area contributed by atoms with Gasteiger partial charge in [0.1, 0.15) is 11.6 Å². The van der Waals surface area contributed by atoms with E-state index in [0.29, 0.717) is 0 Å². The molecular formula is C19H21ClFNO2. The largest absolute Gasteiger partial charge is 0.496 e. The fourth-order valence-electron chi connectivity index (χ4n) is 3.07. The average molecular weight is 350 g/mol. The smallest absolute Gasteiger partial charge is 0.141 e. The summed E-state index contributed by atoms with van der Waals surface area (Å²) in [6.07, 6.45) is 1.48. The van der Waals surface area contributed by atoms with Gasteiger partial charge in [0.05, 0.1) is 18.2 Å². The molecular weight excluding hydrogens is 329 g/mol. The summed E-state index contributed by atoms with van der Waals surface area (Å²) in [6, 6.07) is 10.7. The third-order valence-electron chi connectivity index (χ3n) is 4.46. The van der Waals surface area contributed by atoms with Crippen molar-refractivity contribution in [2.75, 3.05) is 20.2 Å². The minimum atomic E-state index is -0.428. The van der Waals surface area contributed by atoms with E-state index in [2.05, 4.69) is 11.0 Å². The van der Waals surface area contributed by atoms with Gasteiger partial charge in [0.15, 0.2) is 0 Å². The molecule has 2 aromatic carbocycles. The minimum Gasteiger partial charge on any atom is -0.496 e. The third kappa shape index (κ3) is 3.89. The second-order valence-electron chi connectivity index (χ2n) is 6.17. The van der Waals surface area contributed by atoms with Crippen LogP contribution in [-0.2, 0) is 6.54 Å². The maximum Gasteiger partial charge on any atom is 0.141 e. The summed E-state index contributed by atoms with van der Waals surface area (Å²) in [7, 11) is 1.63. The number of aliphatic hydroxyl groups is 1. The van der Waals surface area contributed by atoms with Crippen LogP contribution in [-0.4, -0.2) is 36.3 Å². The number of aliphatic hydroxyl groups excluding tert-OH is 1. The van der Waals surface area contributed by atoms with Crippen molar-refractivity contribution in [3.63, 3.8) is 0 Å². The lowest BCUT2D eigenvalue weighted by molar-refractivity contribution is 0.0792. The molecule has 5 heteroatoms. The van der Waals surface area contributed by atoms with E-state index < -0.39 is 5.82 Å². The molecule has 1 saturated heterocycles. The number of likely N-dealkylation sites (tertiary alicyclic amines) is 1. The van der Waals surface area contributed by atoms with E-state index in [-0.39, 0.29) is 11.1 Å². The van der Waals surface area contributed by atoms with E-state index in [1.807, 2.05) is 12.1 Å². The molecule has 3 rings (SSSR count). The van der Waals surface area contributed by atoms with Crippen molar-refractivity contribution in [3.8, 4) is 16.9 Å². The van der Waals surface area contributed by atoms with Crippen LogP contribution in [0.3, 0.4) is 0 Å². The first-order valence-electron chi connectivity index (χ1n) is 8.09. The number of ether oxygens (including phenoxy) is 1. The van der Waals surface area contributed by atoms with Gasteiger partial charge in [0.25, 0.3) is 0 Å². The maximum atomic E-state index is 13.4. The average Bonchev–Trinajstić information content (AvgIpc) is 2.59. The molecule has 0 unspecified atom stereocenters. The molecule has 1 heterocycles. The van der Waals surface area contributed by atoms with E-state index in [1.54, 1.807) is 19.2 Å². The Morgan fingerprint density at radius 3 is 2.62 bits per heavy atom. The van der Waals surface area contributed by atoms with Crippen molar-refractivity contribution < 1.29 is 14.2 Å². The Labute approximate surface area is 146 Å². The molecule has 0 radical (unpaired) electrons. The van der Waals surface area contributed by atoms with Gasteiger partial charge in [-0.3, -0.25) is 4.90 Å². The van der Waals surface area contributed by atoms with Crippen molar-refractivity contribution in [2.24, 2.45) is 0 Å². The summed E-state index contributed by atoms with van der Waals surface area (Å²) in [5, 5.41) is 9.70. The quantitative estimate of drug-likeness (QED) is 0.901. The van der Waals surface area contributed by atoms with E-state index >= 15 is 0 Å². The molecule has 0 bridgehead atoms. The Hall–Kier alpha value is -1.62. The molecule has 2 aromatic rings. The lowest BCUT2D eigenvalue weighted by Gasteiger charge is -2.29. The fourth-order valence-corrected chi connectivity index (χ4v) is 3.25. The van der Waals surface area contributed by atoms with Crippen LogP contribution in [0, 0.1) is 5.82 Å². The number of benzene rings is 2. The van der Waals surface area contributed by atoms with E-state index in [9.17, 15) is 9.50 Å². The summed E-state index contributed by atoms with van der Waals surface area (Å²) in [5.74, 6) is 0.315. The van der Waals surface area contributed by atoms with Crippen molar-refractivity contribution in [1.29, 1.82) is 0 Å². The first kappa shape index (κ1) is 17.2. The van der Waals surface area contributed by atoms with Gasteiger partial charge in [-0.15, -0.1) is 0 Å². The molecule has 0 spiro atoms. The first-order chi connectivity index (χ1) is 11.6. The second kappa shape index (κ2) is 7.51. The van der Waals surface area contributed by atoms with Gasteiger partial charge in [0.2, 0.25) is 0 Å². The minimum absolute atomic E-state index is 0.102. The van der Waals surface area contributed by atoms with Gasteiger partial charge in [0, 0.05) is 25.2 Å². The summed E-state index contributed by atoms with van der Waals surface area (Å²) in [5.41, 5.74) is 2.86. The van der Waals surface area contributed by atoms with Gasteiger partial charge in [-0.05, 0) is 42.2 Å². The van der Waals surface area contributed by atoms with Crippen LogP contribution in [0.25, 0.3) is 11.1 Å². The molecule has 0 amide bonds. The lowest BCUT2D eigenvalue weighted by Crippen LogP contribution is -2.35. The van der Waals surface area contributed by atoms with Crippen molar-refractivity contribution in [3.05, 3.63) is 52.8 Å². The predicted octanol–water partition coefficient (Wildman–Crippen LogP) is 4.11. The first-order valence-corrected chi connectivity index (χ1v) is 8.47. The Kier molecular flexibility index (Phi) is 5.39. The zero-order valence-corrected chi connectivity index (χ0v) is 14.4. The van der Waals surface area contributed by atoms with Crippen LogP contribution < -0.4 is 4.74 Å². The molecule has 3 nitrogen and oxygen atoms in total. The molecule has 1 N–H and O–H groups in total. The molecule has 1 aliphatic rings. The summed E-state index contributed by atoms with van der Waals surface area (Å²) in [4.78, 5) is 2.33. The summed E-state index contributed by atoms with van der Waals surface area (Å²) < 4.78 is 18.9. The van der Waals surface area contributed by atoms with Gasteiger partial charge in [-0.2, -0.15) is 0 Å². The number of hydrogen-bond donors (Lipinski definition) is 1. The van der Waals surface area contributed by atoms with Gasteiger partial charge in [-0.25, -0.2) is 4.39 Å². The second-order valence-corrected chi connectivity index (χ2v) is 6.58. The maximum absolute atomic E-state index is 13.4. The zero-order valence-electron chi connectivity index (χ0n) is 13.6. The highest BCUT2D eigenvalue weighted by molar-refractivity contribution is 6.31. The highest BCUT2D eigenvalue weighted by Crippen LogP contribution is 2.33. The van der Waals surface area contributed by atoms with Crippen molar-refractivity contribution in [2.45, 2.75) is 25.5 Å². The monoisotopic (exact) mass is 349 g/mol. The number of nitrogens with zero attached hydrogens (tertiary/aromatic N) is 1. The van der Waals surface area contributed by atoms with Crippen LogP contribution in [0.1, 0.15) is 18.4 Å². The fraction of sp³-hybridized carbons (Fsp3) is 0.368. The topological polar surface area (TPSA) is 32.7 Å². The number of piperidine rings is 1. The van der Waals surface area contributed by atoms with Gasteiger partial charge >= 0.3 is 0 Å². The van der Waals surface area contributed by atoms with Crippen LogP contribution >= 0.6 is 11.6 Å². The van der Waals surface area contributed by atoms with Crippen LogP contribution in [0.4, 0.5) is 4.39 Å². The molecule has 0 saturated carbocycles. The summed E-state index contributed by atoms with van der Waals surface area (Å²) in [6.45, 7) is 2.63. The number of methoxy groups -OCH3 is 1. The zero-order chi connectivity index (χ0) is 17.1. The van der Waals surface area contributed by atoms with Crippen LogP contribution in [0.5, 0.6) is 5.75 Å². The highest BCUT2D eigenvalue weighted by Gasteiger charge is 2.17. The van der Waals surface area contributed by atoms with E-state index in [4.69, 9.17) is 16.3 Å². The Balaban J connectivity index is 1.81. The predicted molar refractivity (Wildman–Crippen MR) is 93.9 cm³/mol.